The molecule has 2 nitrogen and oxygen atoms in total. The van der Waals surface area contributed by atoms with Crippen LogP contribution in [0.3, 0.4) is 0 Å². The first-order valence-corrected chi connectivity index (χ1v) is 8.57. The number of thiazole rings is 1. The normalized spacial score (nSPS) is 11.3. The molecule has 0 radical (unpaired) electrons. The number of nitrogens with zero attached hydrogens (tertiary/aromatic N) is 2. The van der Waals surface area contributed by atoms with Crippen LogP contribution in [0.15, 0.2) is 54.6 Å². The molecule has 0 fully saturated rings. The Morgan fingerprint density at radius 3 is 2.39 bits per heavy atom. The molecule has 4 aromatic rings. The molecule has 0 atom stereocenters. The van der Waals surface area contributed by atoms with Crippen LogP contribution < -0.4 is 0 Å². The van der Waals surface area contributed by atoms with Crippen LogP contribution >= 0.6 is 11.3 Å². The largest absolute Gasteiger partial charge is 0.318 e. The maximum atomic E-state index is 4.81. The lowest BCUT2D eigenvalue weighted by molar-refractivity contribution is 0.965. The van der Waals surface area contributed by atoms with E-state index in [2.05, 4.69) is 73.9 Å². The fourth-order valence-electron chi connectivity index (χ4n) is 3.06. The van der Waals surface area contributed by atoms with Crippen LogP contribution in [0, 0.1) is 20.8 Å². The number of aryl methyl sites for hydroxylation is 2. The van der Waals surface area contributed by atoms with Gasteiger partial charge in [0.2, 0.25) is 0 Å². The summed E-state index contributed by atoms with van der Waals surface area (Å²) < 4.78 is 3.54. The van der Waals surface area contributed by atoms with Crippen molar-refractivity contribution in [1.29, 1.82) is 0 Å². The fourth-order valence-corrected chi connectivity index (χ4v) is 4.09. The summed E-state index contributed by atoms with van der Waals surface area (Å²) in [6.45, 7) is 6.45. The van der Waals surface area contributed by atoms with Crippen LogP contribution in [0.2, 0.25) is 0 Å². The van der Waals surface area contributed by atoms with E-state index < -0.39 is 0 Å². The van der Waals surface area contributed by atoms with Gasteiger partial charge in [-0.05, 0) is 51.1 Å². The third kappa shape index (κ3) is 2.37. The molecule has 0 unspecified atom stereocenters. The van der Waals surface area contributed by atoms with E-state index in [1.807, 2.05) is 6.07 Å². The Morgan fingerprint density at radius 1 is 0.913 bits per heavy atom. The molecular formula is C20H18N2S. The van der Waals surface area contributed by atoms with Crippen molar-refractivity contribution in [1.82, 2.24) is 9.55 Å². The fraction of sp³-hybridized carbons (Fsp3) is 0.150. The summed E-state index contributed by atoms with van der Waals surface area (Å²) in [4.78, 5) is 4.81. The summed E-state index contributed by atoms with van der Waals surface area (Å²) in [5, 5.41) is 1.10. The molecule has 2 heterocycles. The maximum absolute atomic E-state index is 4.81. The Hall–Kier alpha value is -2.39. The van der Waals surface area contributed by atoms with E-state index in [4.69, 9.17) is 4.98 Å². The van der Waals surface area contributed by atoms with Gasteiger partial charge in [0.05, 0.1) is 10.2 Å². The van der Waals surface area contributed by atoms with Gasteiger partial charge >= 0.3 is 0 Å². The summed E-state index contributed by atoms with van der Waals surface area (Å²) >= 11 is 1.76. The van der Waals surface area contributed by atoms with E-state index in [1.54, 1.807) is 11.3 Å². The van der Waals surface area contributed by atoms with Crippen molar-refractivity contribution in [3.63, 3.8) is 0 Å². The number of para-hydroxylation sites is 1. The first-order chi connectivity index (χ1) is 11.1. The van der Waals surface area contributed by atoms with Crippen LogP contribution in [-0.4, -0.2) is 9.55 Å². The standard InChI is InChI=1S/C20H18N2S/c1-13-8-10-16(11-9-13)22-14(2)12-17(15(22)3)20-21-18-6-4-5-7-19(18)23-20/h4-12H,1-3H3. The molecule has 0 saturated carbocycles. The quantitative estimate of drug-likeness (QED) is 0.465. The topological polar surface area (TPSA) is 17.8 Å². The lowest BCUT2D eigenvalue weighted by Gasteiger charge is -2.10. The molecule has 4 rings (SSSR count). The van der Waals surface area contributed by atoms with Gasteiger partial charge in [0.25, 0.3) is 0 Å². The molecule has 2 aromatic heterocycles. The maximum Gasteiger partial charge on any atom is 0.126 e. The van der Waals surface area contributed by atoms with Crippen LogP contribution in [-0.2, 0) is 0 Å². The smallest absolute Gasteiger partial charge is 0.126 e. The monoisotopic (exact) mass is 318 g/mol. The Morgan fingerprint density at radius 2 is 1.65 bits per heavy atom. The van der Waals surface area contributed by atoms with Gasteiger partial charge in [-0.15, -0.1) is 11.3 Å². The minimum Gasteiger partial charge on any atom is -0.318 e. The molecule has 0 amide bonds. The molecular weight excluding hydrogens is 300 g/mol. The van der Waals surface area contributed by atoms with E-state index in [-0.39, 0.29) is 0 Å². The third-order valence-electron chi connectivity index (χ3n) is 4.25. The van der Waals surface area contributed by atoms with Gasteiger partial charge in [-0.2, -0.15) is 0 Å². The van der Waals surface area contributed by atoms with E-state index in [0.29, 0.717) is 0 Å². The van der Waals surface area contributed by atoms with Crippen molar-refractivity contribution < 1.29 is 0 Å². The molecule has 0 aliphatic rings. The van der Waals surface area contributed by atoms with E-state index in [1.165, 1.54) is 32.9 Å². The average molecular weight is 318 g/mol. The molecule has 23 heavy (non-hydrogen) atoms. The van der Waals surface area contributed by atoms with Crippen molar-refractivity contribution >= 4 is 21.6 Å². The molecule has 114 valence electrons. The molecule has 0 saturated heterocycles. The second-order valence-electron chi connectivity index (χ2n) is 5.94. The zero-order valence-electron chi connectivity index (χ0n) is 13.5. The Bertz CT molecular complexity index is 957. The summed E-state index contributed by atoms with van der Waals surface area (Å²) in [6.07, 6.45) is 0. The Kier molecular flexibility index (Phi) is 3.31. The first kappa shape index (κ1) is 14.2. The lowest BCUT2D eigenvalue weighted by Crippen LogP contribution is -1.98. The lowest BCUT2D eigenvalue weighted by atomic mass is 10.2. The highest BCUT2D eigenvalue weighted by Crippen LogP contribution is 2.34. The van der Waals surface area contributed by atoms with Gasteiger partial charge < -0.3 is 4.57 Å². The summed E-state index contributed by atoms with van der Waals surface area (Å²) in [5.74, 6) is 0. The van der Waals surface area contributed by atoms with Gasteiger partial charge in [0.1, 0.15) is 5.01 Å². The van der Waals surface area contributed by atoms with Gasteiger partial charge in [-0.1, -0.05) is 29.8 Å². The van der Waals surface area contributed by atoms with Gasteiger partial charge in [0, 0.05) is 22.6 Å². The van der Waals surface area contributed by atoms with Crippen molar-refractivity contribution in [2.75, 3.05) is 0 Å². The average Bonchev–Trinajstić information content (AvgIpc) is 3.09. The molecule has 2 aromatic carbocycles. The van der Waals surface area contributed by atoms with E-state index in [9.17, 15) is 0 Å². The Labute approximate surface area is 140 Å². The summed E-state index contributed by atoms with van der Waals surface area (Å²) in [7, 11) is 0. The van der Waals surface area contributed by atoms with Crippen molar-refractivity contribution in [2.24, 2.45) is 0 Å². The molecule has 0 bridgehead atoms. The zero-order chi connectivity index (χ0) is 16.0. The second-order valence-corrected chi connectivity index (χ2v) is 6.97. The van der Waals surface area contributed by atoms with Crippen molar-refractivity contribution in [3.8, 4) is 16.3 Å². The predicted molar refractivity (Wildman–Crippen MR) is 98.6 cm³/mol. The number of fused-ring (bicyclic) bond motifs is 1. The molecule has 0 N–H and O–H groups in total. The minimum atomic E-state index is 1.08. The number of rotatable bonds is 2. The van der Waals surface area contributed by atoms with Crippen LogP contribution in [0.25, 0.3) is 26.5 Å². The van der Waals surface area contributed by atoms with Crippen LogP contribution in [0.5, 0.6) is 0 Å². The highest BCUT2D eigenvalue weighted by atomic mass is 32.1. The number of hydrogen-bond donors (Lipinski definition) is 0. The van der Waals surface area contributed by atoms with E-state index >= 15 is 0 Å². The minimum absolute atomic E-state index is 1.08. The molecule has 0 aliphatic carbocycles. The third-order valence-corrected chi connectivity index (χ3v) is 5.32. The predicted octanol–water partition coefficient (Wildman–Crippen LogP) is 5.68. The van der Waals surface area contributed by atoms with Gasteiger partial charge in [-0.25, -0.2) is 4.98 Å². The number of hydrogen-bond acceptors (Lipinski definition) is 2. The SMILES string of the molecule is Cc1ccc(-n2c(C)cc(-c3nc4ccccc4s3)c2C)cc1. The summed E-state index contributed by atoms with van der Waals surface area (Å²) in [5.41, 5.74) is 7.27. The van der Waals surface area contributed by atoms with E-state index in [0.717, 1.165) is 10.5 Å². The highest BCUT2D eigenvalue weighted by molar-refractivity contribution is 7.21. The van der Waals surface area contributed by atoms with Crippen molar-refractivity contribution in [3.05, 3.63) is 71.5 Å². The second kappa shape index (κ2) is 5.36. The van der Waals surface area contributed by atoms with Gasteiger partial charge in [0.15, 0.2) is 0 Å². The molecule has 3 heteroatoms. The Balaban J connectivity index is 1.87. The van der Waals surface area contributed by atoms with Crippen LogP contribution in [0.4, 0.5) is 0 Å². The number of aromatic nitrogens is 2. The first-order valence-electron chi connectivity index (χ1n) is 7.75. The van der Waals surface area contributed by atoms with Crippen molar-refractivity contribution in [2.45, 2.75) is 20.8 Å². The van der Waals surface area contributed by atoms with Gasteiger partial charge in [-0.3, -0.25) is 0 Å². The molecule has 0 aliphatic heterocycles. The zero-order valence-corrected chi connectivity index (χ0v) is 14.3. The highest BCUT2D eigenvalue weighted by Gasteiger charge is 2.15. The summed E-state index contributed by atoms with van der Waals surface area (Å²) in [6, 6.07) is 19.2. The van der Waals surface area contributed by atoms with Crippen LogP contribution in [0.1, 0.15) is 17.0 Å². The number of benzene rings is 2. The molecule has 0 spiro atoms.